The summed E-state index contributed by atoms with van der Waals surface area (Å²) in [5, 5.41) is 11.4. The Balaban J connectivity index is 1.41. The molecule has 1 N–H and O–H groups in total. The maximum Gasteiger partial charge on any atom is 0.149 e. The zero-order valence-electron chi connectivity index (χ0n) is 38.3. The van der Waals surface area contributed by atoms with Gasteiger partial charge in [0.1, 0.15) is 11.6 Å². The molecule has 0 fully saturated rings. The van der Waals surface area contributed by atoms with Crippen molar-refractivity contribution in [2.24, 2.45) is 0 Å². The van der Waals surface area contributed by atoms with Crippen LogP contribution < -0.4 is 0 Å². The van der Waals surface area contributed by atoms with Gasteiger partial charge >= 0.3 is 0 Å². The second-order valence-electron chi connectivity index (χ2n) is 15.7. The SMILES string of the molecule is [2H]c1nc(-c2cc(-c3cccc4c3nc(-c3ccccc3O)n4-c3ccc(C(C)(C)C)cc3-c3ccccc3)cc(C(C)(C)C)c2)cc(-c2c([2H])c([2H])c([2H])c([2H])c2[2H])c1[2H]. The van der Waals surface area contributed by atoms with E-state index in [1.165, 1.54) is 11.6 Å². The summed E-state index contributed by atoms with van der Waals surface area (Å²) in [5.74, 6) is 0.651. The third kappa shape index (κ3) is 6.60. The lowest BCUT2D eigenvalue weighted by Crippen LogP contribution is -2.12. The van der Waals surface area contributed by atoms with Gasteiger partial charge < -0.3 is 5.11 Å². The van der Waals surface area contributed by atoms with Crippen molar-refractivity contribution in [3.05, 3.63) is 169 Å². The van der Waals surface area contributed by atoms with Crippen LogP contribution in [-0.2, 0) is 10.8 Å². The van der Waals surface area contributed by atoms with Gasteiger partial charge in [0.25, 0.3) is 0 Å². The number of phenolic OH excluding ortho intramolecular Hbond substituents is 1. The monoisotopic (exact) mass is 710 g/mol. The van der Waals surface area contributed by atoms with E-state index in [1.807, 2.05) is 60.7 Å². The number of para-hydroxylation sites is 2. The molecule has 0 saturated heterocycles. The van der Waals surface area contributed by atoms with E-state index in [9.17, 15) is 5.11 Å². The minimum absolute atomic E-state index is 0.0227. The molecular formula is C50H45N3O. The molecule has 6 aromatic carbocycles. The number of pyridine rings is 1. The number of phenols is 1. The topological polar surface area (TPSA) is 50.9 Å². The minimum atomic E-state index is -0.534. The largest absolute Gasteiger partial charge is 0.507 e. The number of aromatic hydroxyl groups is 1. The Labute approximate surface area is 328 Å². The lowest BCUT2D eigenvalue weighted by Gasteiger charge is -2.23. The number of fused-ring (bicyclic) bond motifs is 1. The zero-order chi connectivity index (χ0) is 43.7. The van der Waals surface area contributed by atoms with Gasteiger partial charge in [0.2, 0.25) is 0 Å². The molecule has 0 amide bonds. The quantitative estimate of drug-likeness (QED) is 0.187. The van der Waals surface area contributed by atoms with Crippen LogP contribution in [0.3, 0.4) is 0 Å². The molecule has 266 valence electrons. The van der Waals surface area contributed by atoms with Crippen LogP contribution >= 0.6 is 0 Å². The molecule has 2 aromatic heterocycles. The summed E-state index contributed by atoms with van der Waals surface area (Å²) >= 11 is 0. The molecule has 0 atom stereocenters. The van der Waals surface area contributed by atoms with E-state index in [0.717, 1.165) is 39.0 Å². The molecule has 8 rings (SSSR count). The van der Waals surface area contributed by atoms with Crippen molar-refractivity contribution in [3.8, 4) is 67.5 Å². The lowest BCUT2D eigenvalue weighted by molar-refractivity contribution is 0.477. The molecule has 0 aliphatic heterocycles. The fourth-order valence-electron chi connectivity index (χ4n) is 6.85. The lowest BCUT2D eigenvalue weighted by atomic mass is 9.83. The molecule has 0 saturated carbocycles. The van der Waals surface area contributed by atoms with Crippen LogP contribution in [0.4, 0.5) is 0 Å². The molecule has 4 nitrogen and oxygen atoms in total. The molecule has 2 heterocycles. The van der Waals surface area contributed by atoms with Crippen LogP contribution in [0.1, 0.15) is 62.3 Å². The first kappa shape index (κ1) is 27.4. The Morgan fingerprint density at radius 1 is 0.556 bits per heavy atom. The zero-order valence-corrected chi connectivity index (χ0v) is 31.3. The second kappa shape index (κ2) is 13.6. The van der Waals surface area contributed by atoms with Gasteiger partial charge in [-0.25, -0.2) is 4.98 Å². The summed E-state index contributed by atoms with van der Waals surface area (Å²) in [6.07, 6.45) is -0.387. The normalized spacial score (nSPS) is 13.8. The highest BCUT2D eigenvalue weighted by atomic mass is 16.3. The Morgan fingerprint density at radius 2 is 1.26 bits per heavy atom. The fourth-order valence-corrected chi connectivity index (χ4v) is 6.85. The van der Waals surface area contributed by atoms with Gasteiger partial charge in [0.05, 0.1) is 37.6 Å². The predicted octanol–water partition coefficient (Wildman–Crippen LogP) is 13.1. The highest BCUT2D eigenvalue weighted by Gasteiger charge is 2.25. The predicted molar refractivity (Wildman–Crippen MR) is 225 cm³/mol. The molecule has 0 aliphatic carbocycles. The molecule has 0 aliphatic rings. The number of hydrogen-bond acceptors (Lipinski definition) is 3. The number of rotatable bonds is 6. The van der Waals surface area contributed by atoms with Crippen molar-refractivity contribution in [3.63, 3.8) is 0 Å². The number of nitrogens with zero attached hydrogens (tertiary/aromatic N) is 3. The molecule has 54 heavy (non-hydrogen) atoms. The summed E-state index contributed by atoms with van der Waals surface area (Å²) in [4.78, 5) is 9.88. The Morgan fingerprint density at radius 3 is 2.00 bits per heavy atom. The highest BCUT2D eigenvalue weighted by Crippen LogP contribution is 2.42. The van der Waals surface area contributed by atoms with Crippen LogP contribution in [0.5, 0.6) is 5.75 Å². The molecule has 0 unspecified atom stereocenters. The van der Waals surface area contributed by atoms with E-state index in [2.05, 4.69) is 87.5 Å². The molecule has 0 radical (unpaired) electrons. The maximum absolute atomic E-state index is 11.4. The summed E-state index contributed by atoms with van der Waals surface area (Å²) < 4.78 is 61.6. The summed E-state index contributed by atoms with van der Waals surface area (Å²) in [6, 6.07) is 34.8. The van der Waals surface area contributed by atoms with Crippen molar-refractivity contribution >= 4 is 11.0 Å². The first-order valence-electron chi connectivity index (χ1n) is 21.6. The minimum Gasteiger partial charge on any atom is -0.507 e. The summed E-state index contributed by atoms with van der Waals surface area (Å²) in [6.45, 7) is 12.9. The average Bonchev–Trinajstić information content (AvgIpc) is 3.62. The van der Waals surface area contributed by atoms with E-state index in [4.69, 9.17) is 14.6 Å². The number of hydrogen-bond donors (Lipinski definition) is 1. The molecular weight excluding hydrogens is 659 g/mol. The van der Waals surface area contributed by atoms with E-state index >= 15 is 0 Å². The van der Waals surface area contributed by atoms with Crippen LogP contribution in [-0.4, -0.2) is 19.6 Å². The summed E-state index contributed by atoms with van der Waals surface area (Å²) in [5.41, 5.74) is 9.07. The van der Waals surface area contributed by atoms with Crippen molar-refractivity contribution in [2.75, 3.05) is 0 Å². The molecule has 0 spiro atoms. The average molecular weight is 711 g/mol. The second-order valence-corrected chi connectivity index (χ2v) is 15.7. The first-order valence-corrected chi connectivity index (χ1v) is 18.1. The van der Waals surface area contributed by atoms with Gasteiger partial charge in [-0.15, -0.1) is 0 Å². The van der Waals surface area contributed by atoms with Gasteiger partial charge in [-0.3, -0.25) is 9.55 Å². The van der Waals surface area contributed by atoms with Crippen molar-refractivity contribution < 1.29 is 14.7 Å². The Bertz CT molecular complexity index is 3010. The van der Waals surface area contributed by atoms with Gasteiger partial charge in [-0.1, -0.05) is 138 Å². The highest BCUT2D eigenvalue weighted by molar-refractivity contribution is 5.97. The third-order valence-corrected chi connectivity index (χ3v) is 9.84. The van der Waals surface area contributed by atoms with Crippen molar-refractivity contribution in [1.29, 1.82) is 0 Å². The van der Waals surface area contributed by atoms with Crippen molar-refractivity contribution in [1.82, 2.24) is 14.5 Å². The van der Waals surface area contributed by atoms with Gasteiger partial charge in [-0.2, -0.15) is 0 Å². The molecule has 8 aromatic rings. The van der Waals surface area contributed by atoms with E-state index in [1.54, 1.807) is 12.1 Å². The van der Waals surface area contributed by atoms with Crippen LogP contribution in [0.15, 0.2) is 158 Å². The van der Waals surface area contributed by atoms with Crippen LogP contribution in [0.25, 0.3) is 72.7 Å². The standard InChI is InChI=1S/C50H45N3O/c1-49(2,3)38-24-25-44(42(32-38)34-18-11-8-12-19-34)53-45-22-15-21-40(47(45)52-48(53)41-20-13-14-23-46(41)54)36-28-37(30-39(29-36)50(4,5)6)43-31-35(26-27-51-43)33-16-9-7-10-17-33/h7-32,54H,1-6H3/i7D,9D,10D,16D,17D,26D,27D. The number of benzene rings is 6. The fraction of sp³-hybridized carbons (Fsp3) is 0.160. The van der Waals surface area contributed by atoms with E-state index in [-0.39, 0.29) is 39.9 Å². The van der Waals surface area contributed by atoms with Crippen LogP contribution in [0, 0.1) is 0 Å². The Hall–Kier alpha value is -6.26. The summed E-state index contributed by atoms with van der Waals surface area (Å²) in [7, 11) is 0. The first-order chi connectivity index (χ1) is 28.8. The molecule has 0 bridgehead atoms. The maximum atomic E-state index is 11.4. The van der Waals surface area contributed by atoms with E-state index < -0.39 is 30.2 Å². The number of aromatic nitrogens is 3. The van der Waals surface area contributed by atoms with Crippen LogP contribution in [0.2, 0.25) is 0 Å². The smallest absolute Gasteiger partial charge is 0.149 e. The van der Waals surface area contributed by atoms with Gasteiger partial charge in [0.15, 0.2) is 0 Å². The van der Waals surface area contributed by atoms with Gasteiger partial charge in [0, 0.05) is 22.9 Å². The van der Waals surface area contributed by atoms with E-state index in [0.29, 0.717) is 28.2 Å². The van der Waals surface area contributed by atoms with Crippen molar-refractivity contribution in [2.45, 2.75) is 52.4 Å². The number of imidazole rings is 1. The van der Waals surface area contributed by atoms with Gasteiger partial charge in [-0.05, 0) is 98.8 Å². The third-order valence-electron chi connectivity index (χ3n) is 9.84. The molecule has 4 heteroatoms. The Kier molecular flexibility index (Phi) is 6.90.